The van der Waals surface area contributed by atoms with Gasteiger partial charge in [-0.25, -0.2) is 9.97 Å². The highest BCUT2D eigenvalue weighted by atomic mass is 35.5. The minimum Gasteiger partial charge on any atom is -0.495 e. The van der Waals surface area contributed by atoms with Gasteiger partial charge in [0.05, 0.1) is 25.2 Å². The lowest BCUT2D eigenvalue weighted by molar-refractivity contribution is 0.102. The van der Waals surface area contributed by atoms with Crippen LogP contribution < -0.4 is 15.4 Å². The second-order valence-corrected chi connectivity index (χ2v) is 6.59. The zero-order chi connectivity index (χ0) is 20.1. The van der Waals surface area contributed by atoms with Crippen molar-refractivity contribution in [1.29, 1.82) is 0 Å². The van der Waals surface area contributed by atoms with Crippen LogP contribution in [0, 0.1) is 6.92 Å². The molecule has 0 aliphatic heterocycles. The molecule has 0 bridgehead atoms. The molecule has 144 valence electrons. The van der Waals surface area contributed by atoms with Crippen LogP contribution in [0.5, 0.6) is 5.75 Å². The van der Waals surface area contributed by atoms with E-state index in [-0.39, 0.29) is 11.6 Å². The quantitative estimate of drug-likeness (QED) is 0.612. The van der Waals surface area contributed by atoms with Crippen LogP contribution in [0.4, 0.5) is 17.2 Å². The van der Waals surface area contributed by atoms with Crippen LogP contribution in [0.3, 0.4) is 0 Å². The standard InChI is InChI=1S/C21H21ClN4O2/c1-4-14-7-5-6-8-16(14)25-20-12-23-18(11-24-20)21(27)26-17-9-13(2)15(22)10-19(17)28-3/h5-12H,4H2,1-3H3,(H,24,25)(H,26,27). The van der Waals surface area contributed by atoms with E-state index < -0.39 is 0 Å². The first kappa shape index (κ1) is 19.6. The van der Waals surface area contributed by atoms with Crippen molar-refractivity contribution in [3.05, 3.63) is 70.6 Å². The SMILES string of the molecule is CCc1ccccc1Nc1cnc(C(=O)Nc2cc(C)c(Cl)cc2OC)cn1. The number of halogens is 1. The van der Waals surface area contributed by atoms with E-state index in [1.165, 1.54) is 25.1 Å². The molecule has 2 aromatic carbocycles. The fourth-order valence-electron chi connectivity index (χ4n) is 2.71. The normalized spacial score (nSPS) is 10.4. The highest BCUT2D eigenvalue weighted by Crippen LogP contribution is 2.31. The minimum atomic E-state index is -0.381. The number of carbonyl (C=O) groups is 1. The van der Waals surface area contributed by atoms with Crippen molar-refractivity contribution in [2.75, 3.05) is 17.7 Å². The van der Waals surface area contributed by atoms with Gasteiger partial charge in [0.2, 0.25) is 0 Å². The predicted octanol–water partition coefficient (Wildman–Crippen LogP) is 5.01. The Hall–Kier alpha value is -3.12. The molecule has 3 aromatic rings. The fraction of sp³-hybridized carbons (Fsp3) is 0.190. The van der Waals surface area contributed by atoms with Crippen molar-refractivity contribution in [3.8, 4) is 5.75 Å². The minimum absolute atomic E-state index is 0.198. The summed E-state index contributed by atoms with van der Waals surface area (Å²) in [7, 11) is 1.52. The summed E-state index contributed by atoms with van der Waals surface area (Å²) in [6.07, 6.45) is 3.87. The number of hydrogen-bond acceptors (Lipinski definition) is 5. The second kappa shape index (κ2) is 8.71. The van der Waals surface area contributed by atoms with Crippen molar-refractivity contribution in [3.63, 3.8) is 0 Å². The van der Waals surface area contributed by atoms with E-state index in [0.29, 0.717) is 22.3 Å². The largest absolute Gasteiger partial charge is 0.495 e. The number of hydrogen-bond donors (Lipinski definition) is 2. The summed E-state index contributed by atoms with van der Waals surface area (Å²) in [6.45, 7) is 3.94. The third-order valence-corrected chi connectivity index (χ3v) is 4.68. The van der Waals surface area contributed by atoms with Gasteiger partial charge in [0.15, 0.2) is 0 Å². The highest BCUT2D eigenvalue weighted by molar-refractivity contribution is 6.31. The van der Waals surface area contributed by atoms with Gasteiger partial charge in [-0.1, -0.05) is 36.7 Å². The number of benzene rings is 2. The molecule has 1 amide bonds. The molecule has 0 spiro atoms. The Balaban J connectivity index is 1.75. The number of carbonyl (C=O) groups excluding carboxylic acids is 1. The van der Waals surface area contributed by atoms with E-state index in [0.717, 1.165) is 17.7 Å². The molecular formula is C21H21ClN4O2. The van der Waals surface area contributed by atoms with Crippen molar-refractivity contribution >= 4 is 34.7 Å². The number of methoxy groups -OCH3 is 1. The van der Waals surface area contributed by atoms with Gasteiger partial charge in [-0.3, -0.25) is 4.79 Å². The maximum atomic E-state index is 12.5. The molecule has 0 aliphatic carbocycles. The van der Waals surface area contributed by atoms with Gasteiger partial charge in [-0.15, -0.1) is 0 Å². The molecule has 0 unspecified atom stereocenters. The summed E-state index contributed by atoms with van der Waals surface area (Å²) in [5.41, 5.74) is 3.70. The smallest absolute Gasteiger partial charge is 0.275 e. The first-order chi connectivity index (χ1) is 13.5. The highest BCUT2D eigenvalue weighted by Gasteiger charge is 2.13. The van der Waals surface area contributed by atoms with Gasteiger partial charge in [0, 0.05) is 16.8 Å². The van der Waals surface area contributed by atoms with E-state index in [1.54, 1.807) is 12.1 Å². The number of nitrogens with zero attached hydrogens (tertiary/aromatic N) is 2. The van der Waals surface area contributed by atoms with E-state index in [1.807, 2.05) is 25.1 Å². The Bertz CT molecular complexity index is 990. The molecule has 3 rings (SSSR count). The molecule has 0 saturated heterocycles. The third-order valence-electron chi connectivity index (χ3n) is 4.27. The lowest BCUT2D eigenvalue weighted by Crippen LogP contribution is -2.15. The van der Waals surface area contributed by atoms with Crippen molar-refractivity contribution < 1.29 is 9.53 Å². The monoisotopic (exact) mass is 396 g/mol. The molecule has 2 N–H and O–H groups in total. The maximum Gasteiger partial charge on any atom is 0.275 e. The van der Waals surface area contributed by atoms with Gasteiger partial charge in [-0.2, -0.15) is 0 Å². The number of para-hydroxylation sites is 1. The van der Waals surface area contributed by atoms with Crippen LogP contribution >= 0.6 is 11.6 Å². The summed E-state index contributed by atoms with van der Waals surface area (Å²) < 4.78 is 5.28. The van der Waals surface area contributed by atoms with Crippen LogP contribution in [0.15, 0.2) is 48.8 Å². The summed E-state index contributed by atoms with van der Waals surface area (Å²) in [4.78, 5) is 21.0. The zero-order valence-electron chi connectivity index (χ0n) is 15.9. The van der Waals surface area contributed by atoms with Crippen LogP contribution in [0.25, 0.3) is 0 Å². The molecular weight excluding hydrogens is 376 g/mol. The van der Waals surface area contributed by atoms with Crippen LogP contribution in [0.1, 0.15) is 28.5 Å². The number of rotatable bonds is 6. The van der Waals surface area contributed by atoms with Crippen molar-refractivity contribution in [2.45, 2.75) is 20.3 Å². The number of ether oxygens (including phenoxy) is 1. The Morgan fingerprint density at radius 2 is 1.93 bits per heavy atom. The predicted molar refractivity (Wildman–Crippen MR) is 112 cm³/mol. The van der Waals surface area contributed by atoms with E-state index in [4.69, 9.17) is 16.3 Å². The first-order valence-corrected chi connectivity index (χ1v) is 9.22. The molecule has 0 fully saturated rings. The summed E-state index contributed by atoms with van der Waals surface area (Å²) >= 11 is 6.10. The maximum absolute atomic E-state index is 12.5. The fourth-order valence-corrected chi connectivity index (χ4v) is 2.87. The average molecular weight is 397 g/mol. The lowest BCUT2D eigenvalue weighted by atomic mass is 10.1. The second-order valence-electron chi connectivity index (χ2n) is 6.18. The van der Waals surface area contributed by atoms with E-state index >= 15 is 0 Å². The average Bonchev–Trinajstić information content (AvgIpc) is 2.71. The Labute approximate surface area is 168 Å². The summed E-state index contributed by atoms with van der Waals surface area (Å²) in [6, 6.07) is 11.4. The summed E-state index contributed by atoms with van der Waals surface area (Å²) in [5.74, 6) is 0.664. The number of aromatic nitrogens is 2. The Morgan fingerprint density at radius 1 is 1.14 bits per heavy atom. The van der Waals surface area contributed by atoms with Crippen LogP contribution in [-0.2, 0) is 6.42 Å². The van der Waals surface area contributed by atoms with Crippen LogP contribution in [-0.4, -0.2) is 23.0 Å². The molecule has 1 heterocycles. The van der Waals surface area contributed by atoms with Gasteiger partial charge in [-0.05, 0) is 36.6 Å². The number of nitrogens with one attached hydrogen (secondary N) is 2. The molecule has 0 atom stereocenters. The molecule has 0 radical (unpaired) electrons. The van der Waals surface area contributed by atoms with Gasteiger partial charge in [0.1, 0.15) is 17.3 Å². The van der Waals surface area contributed by atoms with E-state index in [2.05, 4.69) is 33.6 Å². The number of aryl methyl sites for hydroxylation is 2. The number of anilines is 3. The lowest BCUT2D eigenvalue weighted by Gasteiger charge is -2.12. The van der Waals surface area contributed by atoms with Gasteiger partial charge < -0.3 is 15.4 Å². The molecule has 0 aliphatic rings. The number of amides is 1. The van der Waals surface area contributed by atoms with Crippen molar-refractivity contribution in [2.24, 2.45) is 0 Å². The molecule has 6 nitrogen and oxygen atoms in total. The molecule has 28 heavy (non-hydrogen) atoms. The summed E-state index contributed by atoms with van der Waals surface area (Å²) in [5, 5.41) is 6.59. The molecule has 1 aromatic heterocycles. The third kappa shape index (κ3) is 4.40. The molecule has 0 saturated carbocycles. The van der Waals surface area contributed by atoms with Crippen molar-refractivity contribution in [1.82, 2.24) is 9.97 Å². The zero-order valence-corrected chi connectivity index (χ0v) is 16.7. The van der Waals surface area contributed by atoms with Gasteiger partial charge >= 0.3 is 0 Å². The Morgan fingerprint density at radius 3 is 2.61 bits per heavy atom. The Kier molecular flexibility index (Phi) is 6.11. The van der Waals surface area contributed by atoms with Crippen LogP contribution in [0.2, 0.25) is 5.02 Å². The van der Waals surface area contributed by atoms with E-state index in [9.17, 15) is 4.79 Å². The topological polar surface area (TPSA) is 76.1 Å². The van der Waals surface area contributed by atoms with Gasteiger partial charge in [0.25, 0.3) is 5.91 Å². The molecule has 7 heteroatoms. The first-order valence-electron chi connectivity index (χ1n) is 8.84.